The lowest BCUT2D eigenvalue weighted by atomic mass is 10.0. The minimum Gasteiger partial charge on any atom is -0.200 e. The van der Waals surface area contributed by atoms with Crippen molar-refractivity contribution in [1.29, 1.82) is 5.26 Å². The zero-order valence-corrected chi connectivity index (χ0v) is 16.1. The van der Waals surface area contributed by atoms with E-state index in [-0.39, 0.29) is 10.5 Å². The Bertz CT molecular complexity index is 1240. The summed E-state index contributed by atoms with van der Waals surface area (Å²) in [5, 5.41) is 17.5. The van der Waals surface area contributed by atoms with E-state index in [1.54, 1.807) is 29.5 Å². The van der Waals surface area contributed by atoms with Gasteiger partial charge in [0, 0.05) is 5.56 Å². The molecule has 6 nitrogen and oxygen atoms in total. The van der Waals surface area contributed by atoms with Crippen LogP contribution in [0.4, 0.5) is 0 Å². The van der Waals surface area contributed by atoms with Crippen LogP contribution in [0.5, 0.6) is 0 Å². The maximum atomic E-state index is 12.6. The van der Waals surface area contributed by atoms with Crippen molar-refractivity contribution in [2.24, 2.45) is 0 Å². The molecule has 4 aromatic rings. The van der Waals surface area contributed by atoms with Gasteiger partial charge in [0.2, 0.25) is 0 Å². The molecule has 0 atom stereocenters. The Balaban J connectivity index is 1.72. The molecule has 2 aromatic heterocycles. The summed E-state index contributed by atoms with van der Waals surface area (Å²) in [6.45, 7) is 0. The zero-order valence-electron chi connectivity index (χ0n) is 14.5. The minimum atomic E-state index is -3.84. The number of hydrogen-bond acceptors (Lipinski definition) is 5. The predicted molar refractivity (Wildman–Crippen MR) is 109 cm³/mol. The third kappa shape index (κ3) is 3.41. The van der Waals surface area contributed by atoms with Crippen LogP contribution in [0.1, 0.15) is 5.56 Å². The normalized spacial score (nSPS) is 11.1. The summed E-state index contributed by atoms with van der Waals surface area (Å²) in [6, 6.07) is 19.7. The molecule has 0 saturated heterocycles. The second-order valence-corrected chi connectivity index (χ2v) is 8.37. The summed E-state index contributed by atoms with van der Waals surface area (Å²) >= 11 is 1.62. The van der Waals surface area contributed by atoms with E-state index >= 15 is 0 Å². The van der Waals surface area contributed by atoms with Crippen molar-refractivity contribution in [3.05, 3.63) is 83.2 Å². The van der Waals surface area contributed by atoms with Crippen molar-refractivity contribution < 1.29 is 8.42 Å². The summed E-state index contributed by atoms with van der Waals surface area (Å²) in [7, 11) is -3.84. The third-order valence-electron chi connectivity index (χ3n) is 4.16. The number of nitriles is 1. The Morgan fingerprint density at radius 3 is 2.32 bits per heavy atom. The molecule has 0 aliphatic carbocycles. The number of sulfonamides is 1. The van der Waals surface area contributed by atoms with E-state index in [4.69, 9.17) is 0 Å². The average molecular weight is 406 g/mol. The maximum Gasteiger partial charge on any atom is 0.276 e. The fourth-order valence-electron chi connectivity index (χ4n) is 2.79. The maximum absolute atomic E-state index is 12.6. The lowest BCUT2D eigenvalue weighted by Gasteiger charge is -2.12. The highest BCUT2D eigenvalue weighted by molar-refractivity contribution is 7.92. The smallest absolute Gasteiger partial charge is 0.200 e. The Morgan fingerprint density at radius 2 is 1.68 bits per heavy atom. The van der Waals surface area contributed by atoms with Crippen LogP contribution in [0.25, 0.3) is 22.4 Å². The van der Waals surface area contributed by atoms with Gasteiger partial charge in [-0.05, 0) is 40.1 Å². The first-order chi connectivity index (χ1) is 13.6. The van der Waals surface area contributed by atoms with Gasteiger partial charge in [-0.3, -0.25) is 0 Å². The molecular formula is C20H14N4O2S2. The van der Waals surface area contributed by atoms with E-state index in [1.807, 2.05) is 41.1 Å². The Hall–Kier alpha value is -3.41. The van der Waals surface area contributed by atoms with E-state index in [0.29, 0.717) is 11.3 Å². The molecule has 0 spiro atoms. The molecule has 2 aromatic carbocycles. The van der Waals surface area contributed by atoms with Crippen LogP contribution in [0.15, 0.2) is 82.5 Å². The van der Waals surface area contributed by atoms with Crippen LogP contribution < -0.4 is 4.83 Å². The number of nitrogens with zero attached hydrogens (tertiary/aromatic N) is 3. The van der Waals surface area contributed by atoms with Gasteiger partial charge in [-0.1, -0.05) is 42.5 Å². The van der Waals surface area contributed by atoms with Gasteiger partial charge in [0.05, 0.1) is 11.1 Å². The van der Waals surface area contributed by atoms with Crippen molar-refractivity contribution in [3.63, 3.8) is 0 Å². The molecule has 0 unspecified atom stereocenters. The van der Waals surface area contributed by atoms with Gasteiger partial charge < -0.3 is 0 Å². The monoisotopic (exact) mass is 406 g/mol. The summed E-state index contributed by atoms with van der Waals surface area (Å²) < 4.78 is 25.3. The number of thiophene rings is 1. The summed E-state index contributed by atoms with van der Waals surface area (Å²) in [6.07, 6.45) is 1.34. The third-order valence-corrected chi connectivity index (χ3v) is 6.15. The number of rotatable bonds is 5. The minimum absolute atomic E-state index is 0.114. The number of nitrogens with one attached hydrogen (secondary N) is 1. The fraction of sp³-hybridized carbons (Fsp3) is 0. The molecule has 0 radical (unpaired) electrons. The van der Waals surface area contributed by atoms with Crippen molar-refractivity contribution in [3.8, 4) is 28.5 Å². The highest BCUT2D eigenvalue weighted by Crippen LogP contribution is 2.28. The molecule has 8 heteroatoms. The molecule has 138 valence electrons. The highest BCUT2D eigenvalue weighted by Gasteiger charge is 2.19. The molecule has 4 rings (SSSR count). The van der Waals surface area contributed by atoms with E-state index < -0.39 is 10.0 Å². The molecule has 0 amide bonds. The fourth-order valence-corrected chi connectivity index (χ4v) is 4.44. The quantitative estimate of drug-likeness (QED) is 0.541. The standard InChI is InChI=1S/C20H14N4O2S2/c21-12-18-13-22-24(23-28(25,26)19-4-2-1-3-5-19)20(18)16-8-6-15(7-9-16)17-10-11-27-14-17/h1-11,13-14,23H. The van der Waals surface area contributed by atoms with Gasteiger partial charge in [-0.2, -0.15) is 39.7 Å². The van der Waals surface area contributed by atoms with Crippen LogP contribution in [-0.4, -0.2) is 18.3 Å². The van der Waals surface area contributed by atoms with Crippen LogP contribution in [-0.2, 0) is 10.0 Å². The summed E-state index contributed by atoms with van der Waals surface area (Å²) in [4.78, 5) is 3.67. The predicted octanol–water partition coefficient (Wildman–Crippen LogP) is 4.08. The first kappa shape index (κ1) is 18.0. The van der Waals surface area contributed by atoms with Crippen LogP contribution in [0.3, 0.4) is 0 Å². The first-order valence-corrected chi connectivity index (χ1v) is 10.7. The molecule has 0 aliphatic rings. The topological polar surface area (TPSA) is 87.8 Å². The Morgan fingerprint density at radius 1 is 0.964 bits per heavy atom. The van der Waals surface area contributed by atoms with Crippen molar-refractivity contribution in [2.45, 2.75) is 4.90 Å². The molecule has 0 saturated carbocycles. The Labute approximate surface area is 166 Å². The van der Waals surface area contributed by atoms with E-state index in [1.165, 1.54) is 18.3 Å². The SMILES string of the molecule is N#Cc1cnn(NS(=O)(=O)c2ccccc2)c1-c1ccc(-c2ccsc2)cc1. The van der Waals surface area contributed by atoms with Crippen molar-refractivity contribution in [1.82, 2.24) is 9.89 Å². The van der Waals surface area contributed by atoms with Gasteiger partial charge in [0.25, 0.3) is 10.0 Å². The zero-order chi connectivity index (χ0) is 19.6. The van der Waals surface area contributed by atoms with Crippen LogP contribution in [0.2, 0.25) is 0 Å². The van der Waals surface area contributed by atoms with Gasteiger partial charge in [-0.25, -0.2) is 0 Å². The Kier molecular flexibility index (Phi) is 4.69. The number of aromatic nitrogens is 2. The molecule has 2 heterocycles. The van der Waals surface area contributed by atoms with Crippen molar-refractivity contribution >= 4 is 21.4 Å². The number of hydrogen-bond donors (Lipinski definition) is 1. The van der Waals surface area contributed by atoms with Gasteiger partial charge in [0.15, 0.2) is 0 Å². The van der Waals surface area contributed by atoms with Gasteiger partial charge in [-0.15, -0.1) is 0 Å². The average Bonchev–Trinajstić information content (AvgIpc) is 3.38. The molecule has 0 aliphatic heterocycles. The van der Waals surface area contributed by atoms with Crippen LogP contribution in [0, 0.1) is 11.3 Å². The van der Waals surface area contributed by atoms with Crippen molar-refractivity contribution in [2.75, 3.05) is 4.83 Å². The lowest BCUT2D eigenvalue weighted by molar-refractivity contribution is 0.592. The van der Waals surface area contributed by atoms with Crippen LogP contribution >= 0.6 is 11.3 Å². The molecule has 0 bridgehead atoms. The van der Waals surface area contributed by atoms with E-state index in [0.717, 1.165) is 15.9 Å². The summed E-state index contributed by atoms with van der Waals surface area (Å²) in [5.41, 5.74) is 3.50. The second kappa shape index (κ2) is 7.31. The summed E-state index contributed by atoms with van der Waals surface area (Å²) in [5.74, 6) is 0. The van der Waals surface area contributed by atoms with Gasteiger partial charge in [0.1, 0.15) is 17.3 Å². The number of benzene rings is 2. The first-order valence-electron chi connectivity index (χ1n) is 8.27. The molecule has 28 heavy (non-hydrogen) atoms. The van der Waals surface area contributed by atoms with Gasteiger partial charge >= 0.3 is 0 Å². The van der Waals surface area contributed by atoms with E-state index in [2.05, 4.69) is 16.0 Å². The lowest BCUT2D eigenvalue weighted by Crippen LogP contribution is -2.25. The molecular weight excluding hydrogens is 392 g/mol. The molecule has 1 N–H and O–H groups in total. The molecule has 0 fully saturated rings. The largest absolute Gasteiger partial charge is 0.276 e. The van der Waals surface area contributed by atoms with E-state index in [9.17, 15) is 13.7 Å². The second-order valence-electron chi connectivity index (χ2n) is 5.93. The highest BCUT2D eigenvalue weighted by atomic mass is 32.2.